The Bertz CT molecular complexity index is 389. The van der Waals surface area contributed by atoms with Gasteiger partial charge >= 0.3 is 0 Å². The lowest BCUT2D eigenvalue weighted by Crippen LogP contribution is -2.27. The molecule has 0 aliphatic rings. The smallest absolute Gasteiger partial charge is 0.0804 e. The first-order valence-electron chi connectivity index (χ1n) is 7.30. The van der Waals surface area contributed by atoms with Crippen LogP contribution in [0.25, 0.3) is 0 Å². The lowest BCUT2D eigenvalue weighted by molar-refractivity contribution is 0.00632. The van der Waals surface area contributed by atoms with Crippen LogP contribution in [-0.4, -0.2) is 22.4 Å². The highest BCUT2D eigenvalue weighted by molar-refractivity contribution is 5.39. The molecular weight excluding hydrogens is 236 g/mol. The molecule has 2 N–H and O–H groups in total. The second-order valence-corrected chi connectivity index (χ2v) is 5.87. The minimum Gasteiger partial charge on any atom is -0.390 e. The van der Waals surface area contributed by atoms with Crippen molar-refractivity contribution in [3.63, 3.8) is 0 Å². The molecule has 3 unspecified atom stereocenters. The summed E-state index contributed by atoms with van der Waals surface area (Å²) in [5.41, 5.74) is 5.15. The van der Waals surface area contributed by atoms with Crippen molar-refractivity contribution in [3.8, 4) is 0 Å². The molecule has 0 aromatic heterocycles. The topological polar surface area (TPSA) is 40.5 Å². The molecule has 0 spiro atoms. The third-order valence-electron chi connectivity index (χ3n) is 3.85. The summed E-state index contributed by atoms with van der Waals surface area (Å²) in [5, 5.41) is 19.9. The molecule has 2 nitrogen and oxygen atoms in total. The molecule has 108 valence electrons. The Kier molecular flexibility index (Phi) is 6.02. The highest BCUT2D eigenvalue weighted by atomic mass is 16.3. The van der Waals surface area contributed by atoms with E-state index in [2.05, 4.69) is 39.8 Å². The highest BCUT2D eigenvalue weighted by Crippen LogP contribution is 2.29. The molecule has 0 bridgehead atoms. The van der Waals surface area contributed by atoms with E-state index in [0.29, 0.717) is 12.8 Å². The van der Waals surface area contributed by atoms with Gasteiger partial charge in [0.05, 0.1) is 12.2 Å². The molecule has 0 saturated heterocycles. The molecule has 1 aromatic carbocycles. The fourth-order valence-corrected chi connectivity index (χ4v) is 3.09. The summed E-state index contributed by atoms with van der Waals surface area (Å²) in [6.07, 6.45) is 0.953. The number of rotatable bonds is 6. The van der Waals surface area contributed by atoms with Gasteiger partial charge in [-0.25, -0.2) is 0 Å². The van der Waals surface area contributed by atoms with Crippen LogP contribution in [0.2, 0.25) is 0 Å². The summed E-state index contributed by atoms with van der Waals surface area (Å²) in [7, 11) is 0. The average Bonchev–Trinajstić information content (AvgIpc) is 2.27. The zero-order valence-electron chi connectivity index (χ0n) is 12.9. The van der Waals surface area contributed by atoms with Gasteiger partial charge in [-0.2, -0.15) is 0 Å². The zero-order valence-corrected chi connectivity index (χ0v) is 12.9. The van der Waals surface area contributed by atoms with Crippen LogP contribution in [0.4, 0.5) is 0 Å². The molecule has 3 atom stereocenters. The Morgan fingerprint density at radius 3 is 2.00 bits per heavy atom. The molecule has 1 aromatic rings. The van der Waals surface area contributed by atoms with Crippen molar-refractivity contribution >= 4 is 0 Å². The summed E-state index contributed by atoms with van der Waals surface area (Å²) in [4.78, 5) is 0. The van der Waals surface area contributed by atoms with Gasteiger partial charge in [-0.1, -0.05) is 38.0 Å². The van der Waals surface area contributed by atoms with E-state index in [1.54, 1.807) is 0 Å². The second kappa shape index (κ2) is 7.06. The van der Waals surface area contributed by atoms with Crippen molar-refractivity contribution in [1.29, 1.82) is 0 Å². The summed E-state index contributed by atoms with van der Waals surface area (Å²) >= 11 is 0. The Labute approximate surface area is 117 Å². The van der Waals surface area contributed by atoms with Crippen LogP contribution < -0.4 is 0 Å². The van der Waals surface area contributed by atoms with Gasteiger partial charge in [0.2, 0.25) is 0 Å². The van der Waals surface area contributed by atoms with Crippen LogP contribution in [-0.2, 0) is 0 Å². The van der Waals surface area contributed by atoms with Crippen LogP contribution >= 0.6 is 0 Å². The summed E-state index contributed by atoms with van der Waals surface area (Å²) < 4.78 is 0. The van der Waals surface area contributed by atoms with Crippen molar-refractivity contribution < 1.29 is 10.2 Å². The number of aryl methyl sites for hydroxylation is 3. The molecule has 0 aliphatic carbocycles. The third kappa shape index (κ3) is 4.32. The molecule has 0 radical (unpaired) electrons. The molecule has 0 saturated carbocycles. The van der Waals surface area contributed by atoms with E-state index in [9.17, 15) is 10.2 Å². The van der Waals surface area contributed by atoms with Gasteiger partial charge in [0, 0.05) is 0 Å². The molecule has 0 aliphatic heterocycles. The molecule has 19 heavy (non-hydrogen) atoms. The molecular formula is C17H28O2. The van der Waals surface area contributed by atoms with Crippen LogP contribution in [0, 0.1) is 20.8 Å². The Morgan fingerprint density at radius 1 is 1.00 bits per heavy atom. The van der Waals surface area contributed by atoms with Gasteiger partial charge in [-0.05, 0) is 56.2 Å². The maximum atomic E-state index is 10.1. The van der Waals surface area contributed by atoms with Gasteiger partial charge in [-0.3, -0.25) is 0 Å². The predicted octanol–water partition coefficient (Wildman–Crippen LogP) is 3.63. The highest BCUT2D eigenvalue weighted by Gasteiger charge is 2.21. The first-order valence-corrected chi connectivity index (χ1v) is 7.30. The Morgan fingerprint density at radius 2 is 1.53 bits per heavy atom. The lowest BCUT2D eigenvalue weighted by atomic mass is 9.86. The summed E-state index contributed by atoms with van der Waals surface area (Å²) in [6.45, 7) is 10.5. The fraction of sp³-hybridized carbons (Fsp3) is 0.647. The molecule has 1 rings (SSSR count). The van der Waals surface area contributed by atoms with E-state index in [4.69, 9.17) is 0 Å². The van der Waals surface area contributed by atoms with Gasteiger partial charge in [0.25, 0.3) is 0 Å². The third-order valence-corrected chi connectivity index (χ3v) is 3.85. The van der Waals surface area contributed by atoms with Crippen LogP contribution in [0.15, 0.2) is 12.1 Å². The van der Waals surface area contributed by atoms with E-state index >= 15 is 0 Å². The van der Waals surface area contributed by atoms with Crippen molar-refractivity contribution in [1.82, 2.24) is 0 Å². The summed E-state index contributed by atoms with van der Waals surface area (Å²) in [5.74, 6) is 0.266. The quantitative estimate of drug-likeness (QED) is 0.823. The molecule has 0 fully saturated rings. The minimum atomic E-state index is -0.630. The largest absolute Gasteiger partial charge is 0.390 e. The standard InChI is InChI=1S/C17H28O2/c1-6-7-15(18)16(19)10-14(5)17-12(3)8-11(2)9-13(17)4/h8-9,14-16,18-19H,6-7,10H2,1-5H3. The number of aliphatic hydroxyl groups is 2. The maximum absolute atomic E-state index is 10.1. The van der Waals surface area contributed by atoms with Gasteiger partial charge in [0.15, 0.2) is 0 Å². The number of aliphatic hydroxyl groups excluding tert-OH is 2. The SMILES string of the molecule is CCCC(O)C(O)CC(C)c1c(C)cc(C)cc1C. The zero-order chi connectivity index (χ0) is 14.6. The van der Waals surface area contributed by atoms with Crippen LogP contribution in [0.5, 0.6) is 0 Å². The second-order valence-electron chi connectivity index (χ2n) is 5.87. The van der Waals surface area contributed by atoms with Crippen LogP contribution in [0.1, 0.15) is 61.3 Å². The summed E-state index contributed by atoms with van der Waals surface area (Å²) in [6, 6.07) is 4.38. The van der Waals surface area contributed by atoms with Crippen molar-refractivity contribution in [2.24, 2.45) is 0 Å². The first kappa shape index (κ1) is 16.2. The van der Waals surface area contributed by atoms with Crippen molar-refractivity contribution in [2.45, 2.75) is 72.0 Å². The Hall–Kier alpha value is -0.860. The van der Waals surface area contributed by atoms with E-state index < -0.39 is 12.2 Å². The maximum Gasteiger partial charge on any atom is 0.0804 e. The van der Waals surface area contributed by atoms with Gasteiger partial charge in [-0.15, -0.1) is 0 Å². The average molecular weight is 264 g/mol. The van der Waals surface area contributed by atoms with Crippen molar-refractivity contribution in [2.75, 3.05) is 0 Å². The molecule has 2 heteroatoms. The fourth-order valence-electron chi connectivity index (χ4n) is 3.09. The monoisotopic (exact) mass is 264 g/mol. The number of hydrogen-bond donors (Lipinski definition) is 2. The molecule has 0 amide bonds. The predicted molar refractivity (Wildman–Crippen MR) is 80.6 cm³/mol. The van der Waals surface area contributed by atoms with E-state index in [0.717, 1.165) is 6.42 Å². The van der Waals surface area contributed by atoms with Crippen LogP contribution in [0.3, 0.4) is 0 Å². The van der Waals surface area contributed by atoms with E-state index in [-0.39, 0.29) is 5.92 Å². The van der Waals surface area contributed by atoms with E-state index in [1.165, 1.54) is 22.3 Å². The normalized spacial score (nSPS) is 16.2. The van der Waals surface area contributed by atoms with Crippen molar-refractivity contribution in [3.05, 3.63) is 34.4 Å². The lowest BCUT2D eigenvalue weighted by Gasteiger charge is -2.24. The number of hydrogen-bond acceptors (Lipinski definition) is 2. The molecule has 0 heterocycles. The van der Waals surface area contributed by atoms with Gasteiger partial charge in [0.1, 0.15) is 0 Å². The Balaban J connectivity index is 2.81. The number of benzene rings is 1. The minimum absolute atomic E-state index is 0.266. The van der Waals surface area contributed by atoms with Gasteiger partial charge < -0.3 is 10.2 Å². The first-order chi connectivity index (χ1) is 8.86. The van der Waals surface area contributed by atoms with E-state index in [1.807, 2.05) is 6.92 Å².